The van der Waals surface area contributed by atoms with Gasteiger partial charge in [0.05, 0.1) is 18.7 Å². The number of nitrogens with zero attached hydrogens (tertiary/aromatic N) is 2. The van der Waals surface area contributed by atoms with E-state index < -0.39 is 0 Å². The molecule has 7 heteroatoms. The van der Waals surface area contributed by atoms with Crippen molar-refractivity contribution >= 4 is 16.7 Å². The van der Waals surface area contributed by atoms with Gasteiger partial charge in [0, 0.05) is 36.9 Å². The van der Waals surface area contributed by atoms with Gasteiger partial charge in [-0.25, -0.2) is 9.97 Å². The number of methoxy groups -OCH3 is 2. The van der Waals surface area contributed by atoms with E-state index in [1.54, 1.807) is 14.2 Å². The Morgan fingerprint density at radius 3 is 2.31 bits per heavy atom. The van der Waals surface area contributed by atoms with Gasteiger partial charge < -0.3 is 24.3 Å². The van der Waals surface area contributed by atoms with Gasteiger partial charge in [0.25, 0.3) is 0 Å². The molecule has 0 atom stereocenters. The van der Waals surface area contributed by atoms with Crippen LogP contribution in [-0.2, 0) is 9.47 Å². The van der Waals surface area contributed by atoms with E-state index in [-0.39, 0.29) is 0 Å². The maximum Gasteiger partial charge on any atom is 0.163 e. The highest BCUT2D eigenvalue weighted by Crippen LogP contribution is 2.34. The van der Waals surface area contributed by atoms with Crippen LogP contribution in [0, 0.1) is 12.3 Å². The Morgan fingerprint density at radius 1 is 1.07 bits per heavy atom. The van der Waals surface area contributed by atoms with Gasteiger partial charge in [-0.2, -0.15) is 0 Å². The highest BCUT2D eigenvalue weighted by molar-refractivity contribution is 5.92. The summed E-state index contributed by atoms with van der Waals surface area (Å²) in [4.78, 5) is 8.74. The molecule has 154 valence electrons. The number of hydrogen-bond acceptors (Lipinski definition) is 7. The van der Waals surface area contributed by atoms with E-state index in [1.807, 2.05) is 38.1 Å². The molecule has 2 aromatic rings. The average Bonchev–Trinajstić information content (AvgIpc) is 2.73. The number of ether oxygens (including phenoxy) is 4. The highest BCUT2D eigenvalue weighted by Gasteiger charge is 2.13. The van der Waals surface area contributed by atoms with Crippen LogP contribution in [0.5, 0.6) is 11.5 Å². The molecule has 0 unspecified atom stereocenters. The molecule has 1 aromatic heterocycles. The minimum atomic E-state index is 0.394. The molecule has 0 spiro atoms. The lowest BCUT2D eigenvalue weighted by molar-refractivity contribution is 0.132. The summed E-state index contributed by atoms with van der Waals surface area (Å²) in [6, 6.07) is 3.69. The van der Waals surface area contributed by atoms with E-state index in [0.717, 1.165) is 22.2 Å². The Balaban J connectivity index is 2.40. The third kappa shape index (κ3) is 6.49. The molecule has 1 aromatic carbocycles. The van der Waals surface area contributed by atoms with Crippen LogP contribution in [-0.4, -0.2) is 50.6 Å². The van der Waals surface area contributed by atoms with Crippen LogP contribution in [0.1, 0.15) is 13.8 Å². The van der Waals surface area contributed by atoms with Crippen molar-refractivity contribution < 1.29 is 18.9 Å². The monoisotopic (exact) mass is 397 g/mol. The number of nitrogens with one attached hydrogen (secondary N) is 1. The van der Waals surface area contributed by atoms with Crippen molar-refractivity contribution in [3.63, 3.8) is 0 Å². The number of allylic oxidation sites excluding steroid dienone is 4. The van der Waals surface area contributed by atoms with E-state index in [4.69, 9.17) is 25.4 Å². The molecule has 0 aliphatic rings. The summed E-state index contributed by atoms with van der Waals surface area (Å²) in [7, 11) is 3.25. The van der Waals surface area contributed by atoms with Crippen molar-refractivity contribution in [1.29, 1.82) is 0 Å². The molecule has 0 saturated carbocycles. The van der Waals surface area contributed by atoms with E-state index in [9.17, 15) is 0 Å². The first-order valence-corrected chi connectivity index (χ1v) is 9.23. The van der Waals surface area contributed by atoms with Gasteiger partial charge in [0.15, 0.2) is 11.5 Å². The molecule has 0 fully saturated rings. The zero-order valence-electron chi connectivity index (χ0n) is 17.3. The summed E-state index contributed by atoms with van der Waals surface area (Å²) in [5.74, 6) is 4.45. The molecule has 0 aliphatic heterocycles. The predicted octanol–water partition coefficient (Wildman–Crippen LogP) is 3.58. The molecular formula is C22H27N3O4. The Morgan fingerprint density at radius 2 is 1.72 bits per heavy atom. The number of benzene rings is 1. The second-order valence-electron chi connectivity index (χ2n) is 6.06. The lowest BCUT2D eigenvalue weighted by atomic mass is 10.2. The number of hydrogen-bond donors (Lipinski definition) is 1. The maximum absolute atomic E-state index is 5.85. The van der Waals surface area contributed by atoms with Gasteiger partial charge in [0.2, 0.25) is 0 Å². The van der Waals surface area contributed by atoms with E-state index in [1.165, 1.54) is 6.33 Å². The normalized spacial score (nSPS) is 12.0. The van der Waals surface area contributed by atoms with Crippen molar-refractivity contribution in [3.8, 4) is 23.8 Å². The van der Waals surface area contributed by atoms with Gasteiger partial charge in [-0.1, -0.05) is 12.0 Å². The van der Waals surface area contributed by atoms with Crippen LogP contribution in [0.4, 0.5) is 5.82 Å². The first kappa shape index (κ1) is 22.2. The first-order valence-electron chi connectivity index (χ1n) is 9.23. The van der Waals surface area contributed by atoms with Gasteiger partial charge in [-0.05, 0) is 26.0 Å². The Labute approximate surface area is 171 Å². The van der Waals surface area contributed by atoms with Gasteiger partial charge in [-0.15, -0.1) is 6.42 Å². The fourth-order valence-electron chi connectivity index (χ4n) is 2.52. The van der Waals surface area contributed by atoms with E-state index >= 15 is 0 Å². The van der Waals surface area contributed by atoms with Crippen LogP contribution in [0.25, 0.3) is 10.9 Å². The highest BCUT2D eigenvalue weighted by atomic mass is 16.5. The minimum Gasteiger partial charge on any atom is -0.487 e. The van der Waals surface area contributed by atoms with Crippen LogP contribution >= 0.6 is 0 Å². The quantitative estimate of drug-likeness (QED) is 0.353. The molecule has 0 saturated heterocycles. The minimum absolute atomic E-state index is 0.394. The van der Waals surface area contributed by atoms with Crippen molar-refractivity contribution in [3.05, 3.63) is 41.9 Å². The molecular weight excluding hydrogens is 370 g/mol. The van der Waals surface area contributed by atoms with Gasteiger partial charge >= 0.3 is 0 Å². The SMILES string of the molecule is C#CC(=C/C)/C=C(\C)Nc1ncnc2cc(OCCOC)c(OCCOC)cc12. The molecule has 0 amide bonds. The lowest BCUT2D eigenvalue weighted by Gasteiger charge is -2.15. The molecule has 7 nitrogen and oxygen atoms in total. The molecule has 0 radical (unpaired) electrons. The summed E-state index contributed by atoms with van der Waals surface area (Å²) in [6.45, 7) is 5.55. The number of anilines is 1. The van der Waals surface area contributed by atoms with Gasteiger partial charge in [-0.3, -0.25) is 0 Å². The zero-order valence-corrected chi connectivity index (χ0v) is 17.3. The molecule has 1 heterocycles. The third-order valence-electron chi connectivity index (χ3n) is 3.96. The van der Waals surface area contributed by atoms with Crippen molar-refractivity contribution in [1.82, 2.24) is 9.97 Å². The predicted molar refractivity (Wildman–Crippen MR) is 114 cm³/mol. The van der Waals surface area contributed by atoms with Crippen molar-refractivity contribution in [2.75, 3.05) is 46.0 Å². The van der Waals surface area contributed by atoms with E-state index in [0.29, 0.717) is 43.7 Å². The summed E-state index contributed by atoms with van der Waals surface area (Å²) >= 11 is 0. The summed E-state index contributed by atoms with van der Waals surface area (Å²) in [5.41, 5.74) is 2.37. The van der Waals surface area contributed by atoms with Crippen LogP contribution in [0.15, 0.2) is 41.9 Å². The van der Waals surface area contributed by atoms with Crippen LogP contribution in [0.2, 0.25) is 0 Å². The summed E-state index contributed by atoms with van der Waals surface area (Å²) in [5, 5.41) is 4.08. The number of rotatable bonds is 11. The lowest BCUT2D eigenvalue weighted by Crippen LogP contribution is -2.09. The van der Waals surface area contributed by atoms with E-state index in [2.05, 4.69) is 21.2 Å². The van der Waals surface area contributed by atoms with Crippen molar-refractivity contribution in [2.45, 2.75) is 13.8 Å². The molecule has 0 aliphatic carbocycles. The third-order valence-corrected chi connectivity index (χ3v) is 3.96. The fraction of sp³-hybridized carbons (Fsp3) is 0.364. The standard InChI is InChI=1S/C22H27N3O4/c1-6-17(7-2)12-16(3)25-22-18-13-20(28-10-8-26-4)21(29-11-9-27-5)14-19(18)23-15-24-22/h1,7,12-15H,8-11H2,2-5H3,(H,23,24,25)/b16-12+,17-7-. The second-order valence-corrected chi connectivity index (χ2v) is 6.06. The Bertz CT molecular complexity index is 916. The van der Waals surface area contributed by atoms with Gasteiger partial charge in [0.1, 0.15) is 25.4 Å². The van der Waals surface area contributed by atoms with Crippen molar-refractivity contribution in [2.24, 2.45) is 0 Å². The number of fused-ring (bicyclic) bond motifs is 1. The second kappa shape index (κ2) is 11.7. The molecule has 2 rings (SSSR count). The summed E-state index contributed by atoms with van der Waals surface area (Å²) < 4.78 is 21.8. The fourth-order valence-corrected chi connectivity index (χ4v) is 2.52. The largest absolute Gasteiger partial charge is 0.487 e. The van der Waals surface area contributed by atoms with Crippen LogP contribution in [0.3, 0.4) is 0 Å². The average molecular weight is 397 g/mol. The Kier molecular flexibility index (Phi) is 8.96. The molecule has 1 N–H and O–H groups in total. The Hall–Kier alpha value is -3.08. The maximum atomic E-state index is 5.85. The molecule has 0 bridgehead atoms. The smallest absolute Gasteiger partial charge is 0.163 e. The number of terminal acetylenes is 1. The summed E-state index contributed by atoms with van der Waals surface area (Å²) in [6.07, 6.45) is 10.7. The van der Waals surface area contributed by atoms with Crippen LogP contribution < -0.4 is 14.8 Å². The topological polar surface area (TPSA) is 74.7 Å². The molecule has 29 heavy (non-hydrogen) atoms. The zero-order chi connectivity index (χ0) is 21.1. The first-order chi connectivity index (χ1) is 14.1. The number of aromatic nitrogens is 2.